The van der Waals surface area contributed by atoms with E-state index in [9.17, 15) is 23.9 Å². The number of hydrogen-bond donors (Lipinski definition) is 1. The minimum atomic E-state index is -1.05. The SMILES string of the molecule is Cc1c(C=Nc2ccc(F)c(F)c2)c(O)n(CCN2CCOCC2)c(=O)c1C#N. The number of aromatic hydroxyl groups is 1. The van der Waals surface area contributed by atoms with E-state index < -0.39 is 17.2 Å². The van der Waals surface area contributed by atoms with Gasteiger partial charge in [-0.3, -0.25) is 19.3 Å². The Morgan fingerprint density at radius 3 is 2.66 bits per heavy atom. The number of halogens is 2. The molecule has 1 aliphatic heterocycles. The molecule has 1 aliphatic rings. The summed E-state index contributed by atoms with van der Waals surface area (Å²) in [7, 11) is 0. The van der Waals surface area contributed by atoms with Gasteiger partial charge in [-0.05, 0) is 24.6 Å². The molecule has 0 spiro atoms. The van der Waals surface area contributed by atoms with Crippen molar-refractivity contribution in [2.45, 2.75) is 13.5 Å². The van der Waals surface area contributed by atoms with E-state index in [-0.39, 0.29) is 34.8 Å². The minimum absolute atomic E-state index is 0.100. The highest BCUT2D eigenvalue weighted by Crippen LogP contribution is 2.22. The zero-order valence-electron chi connectivity index (χ0n) is 15.9. The van der Waals surface area contributed by atoms with Gasteiger partial charge in [0.1, 0.15) is 11.6 Å². The van der Waals surface area contributed by atoms with Gasteiger partial charge in [0.2, 0.25) is 5.88 Å². The molecule has 7 nitrogen and oxygen atoms in total. The van der Waals surface area contributed by atoms with E-state index in [0.29, 0.717) is 19.8 Å². The molecule has 9 heteroatoms. The molecular formula is C20H20F2N4O3. The average Bonchev–Trinajstić information content (AvgIpc) is 2.71. The second kappa shape index (κ2) is 8.94. The molecule has 29 heavy (non-hydrogen) atoms. The minimum Gasteiger partial charge on any atom is -0.494 e. The first-order valence-electron chi connectivity index (χ1n) is 9.08. The van der Waals surface area contributed by atoms with Gasteiger partial charge in [0.15, 0.2) is 11.6 Å². The zero-order valence-corrected chi connectivity index (χ0v) is 15.9. The van der Waals surface area contributed by atoms with Crippen LogP contribution in [0.25, 0.3) is 0 Å². The van der Waals surface area contributed by atoms with Gasteiger partial charge in [0, 0.05) is 38.5 Å². The highest BCUT2D eigenvalue weighted by atomic mass is 19.2. The lowest BCUT2D eigenvalue weighted by molar-refractivity contribution is 0.0360. The molecule has 0 atom stereocenters. The summed E-state index contributed by atoms with van der Waals surface area (Å²) in [4.78, 5) is 18.8. The lowest BCUT2D eigenvalue weighted by Gasteiger charge is -2.27. The summed E-state index contributed by atoms with van der Waals surface area (Å²) in [6.45, 7) is 4.86. The Labute approximate surface area is 166 Å². The molecule has 3 rings (SSSR count). The van der Waals surface area contributed by atoms with E-state index in [4.69, 9.17) is 4.74 Å². The van der Waals surface area contributed by atoms with Gasteiger partial charge in [-0.25, -0.2) is 8.78 Å². The van der Waals surface area contributed by atoms with Crippen LogP contribution in [0, 0.1) is 29.9 Å². The van der Waals surface area contributed by atoms with Gasteiger partial charge in [0.05, 0.1) is 24.5 Å². The van der Waals surface area contributed by atoms with Crippen LogP contribution in [0.3, 0.4) is 0 Å². The van der Waals surface area contributed by atoms with Crippen molar-refractivity contribution in [3.8, 4) is 11.9 Å². The van der Waals surface area contributed by atoms with Crippen LogP contribution in [-0.4, -0.2) is 53.6 Å². The fourth-order valence-corrected chi connectivity index (χ4v) is 3.10. The number of pyridine rings is 1. The molecule has 152 valence electrons. The van der Waals surface area contributed by atoms with Crippen LogP contribution < -0.4 is 5.56 Å². The van der Waals surface area contributed by atoms with Crippen LogP contribution >= 0.6 is 0 Å². The predicted octanol–water partition coefficient (Wildman–Crippen LogP) is 2.09. The Morgan fingerprint density at radius 2 is 2.00 bits per heavy atom. The smallest absolute Gasteiger partial charge is 0.271 e. The fraction of sp³-hybridized carbons (Fsp3) is 0.350. The highest BCUT2D eigenvalue weighted by Gasteiger charge is 2.19. The maximum Gasteiger partial charge on any atom is 0.271 e. The highest BCUT2D eigenvalue weighted by molar-refractivity contribution is 5.87. The summed E-state index contributed by atoms with van der Waals surface area (Å²) in [5.41, 5.74) is -0.110. The van der Waals surface area contributed by atoms with Crippen molar-refractivity contribution in [3.05, 3.63) is 56.9 Å². The Kier molecular flexibility index (Phi) is 6.36. The van der Waals surface area contributed by atoms with E-state index in [2.05, 4.69) is 9.89 Å². The van der Waals surface area contributed by atoms with Gasteiger partial charge in [0.25, 0.3) is 5.56 Å². The number of rotatable bonds is 5. The number of aromatic nitrogens is 1. The van der Waals surface area contributed by atoms with Crippen molar-refractivity contribution < 1.29 is 18.6 Å². The van der Waals surface area contributed by atoms with Crippen LogP contribution in [0.1, 0.15) is 16.7 Å². The number of aliphatic imine (C=N–C) groups is 1. The third-order valence-corrected chi connectivity index (χ3v) is 4.84. The largest absolute Gasteiger partial charge is 0.494 e. The van der Waals surface area contributed by atoms with Crippen molar-refractivity contribution in [3.63, 3.8) is 0 Å². The summed E-state index contributed by atoms with van der Waals surface area (Å²) >= 11 is 0. The average molecular weight is 402 g/mol. The maximum absolute atomic E-state index is 13.4. The molecule has 1 aromatic heterocycles. The molecular weight excluding hydrogens is 382 g/mol. The maximum atomic E-state index is 13.4. The quantitative estimate of drug-likeness (QED) is 0.774. The van der Waals surface area contributed by atoms with E-state index in [1.165, 1.54) is 19.2 Å². The van der Waals surface area contributed by atoms with Crippen molar-refractivity contribution >= 4 is 11.9 Å². The van der Waals surface area contributed by atoms with Crippen LogP contribution in [0.4, 0.5) is 14.5 Å². The summed E-state index contributed by atoms with van der Waals surface area (Å²) in [6.07, 6.45) is 1.24. The number of morpholine rings is 1. The second-order valence-electron chi connectivity index (χ2n) is 6.62. The van der Waals surface area contributed by atoms with E-state index in [0.717, 1.165) is 29.8 Å². The molecule has 1 saturated heterocycles. The number of nitriles is 1. The Hall–Kier alpha value is -3.09. The third-order valence-electron chi connectivity index (χ3n) is 4.84. The summed E-state index contributed by atoms with van der Waals surface area (Å²) in [5, 5.41) is 20.1. The molecule has 0 unspecified atom stereocenters. The standard InChI is InChI=1S/C20H20F2N4O3/c1-13-15(11-23)19(27)26(5-4-25-6-8-29-9-7-25)20(28)16(13)12-24-14-2-3-17(21)18(22)10-14/h2-3,10,12,28H,4-9H2,1H3. The van der Waals surface area contributed by atoms with E-state index in [1.54, 1.807) is 0 Å². The van der Waals surface area contributed by atoms with Gasteiger partial charge in [-0.1, -0.05) is 0 Å². The lowest BCUT2D eigenvalue weighted by Crippen LogP contribution is -2.39. The van der Waals surface area contributed by atoms with Crippen molar-refractivity contribution in [2.75, 3.05) is 32.8 Å². The zero-order chi connectivity index (χ0) is 21.0. The topological polar surface area (TPSA) is 90.8 Å². The Balaban J connectivity index is 1.95. The molecule has 2 aromatic rings. The first-order valence-corrected chi connectivity index (χ1v) is 9.08. The molecule has 1 fully saturated rings. The number of ether oxygens (including phenoxy) is 1. The number of nitrogens with zero attached hydrogens (tertiary/aromatic N) is 4. The number of hydrogen-bond acceptors (Lipinski definition) is 6. The van der Waals surface area contributed by atoms with Crippen LogP contribution in [-0.2, 0) is 11.3 Å². The van der Waals surface area contributed by atoms with Crippen LogP contribution in [0.2, 0.25) is 0 Å². The summed E-state index contributed by atoms with van der Waals surface area (Å²) in [5.74, 6) is -2.37. The molecule has 2 heterocycles. The summed E-state index contributed by atoms with van der Waals surface area (Å²) < 4.78 is 32.9. The predicted molar refractivity (Wildman–Crippen MR) is 103 cm³/mol. The Bertz CT molecular complexity index is 1040. The first-order chi connectivity index (χ1) is 13.9. The molecule has 1 N–H and O–H groups in total. The van der Waals surface area contributed by atoms with Gasteiger partial charge < -0.3 is 9.84 Å². The van der Waals surface area contributed by atoms with Crippen LogP contribution in [0.5, 0.6) is 5.88 Å². The van der Waals surface area contributed by atoms with E-state index >= 15 is 0 Å². The molecule has 0 bridgehead atoms. The number of benzene rings is 1. The Morgan fingerprint density at radius 1 is 1.28 bits per heavy atom. The first kappa shape index (κ1) is 20.6. The van der Waals surface area contributed by atoms with E-state index in [1.807, 2.05) is 6.07 Å². The molecule has 0 amide bonds. The molecule has 0 saturated carbocycles. The summed E-state index contributed by atoms with van der Waals surface area (Å²) in [6, 6.07) is 5.01. The van der Waals surface area contributed by atoms with Gasteiger partial charge in [-0.2, -0.15) is 5.26 Å². The lowest BCUT2D eigenvalue weighted by atomic mass is 10.1. The van der Waals surface area contributed by atoms with Crippen molar-refractivity contribution in [1.29, 1.82) is 5.26 Å². The fourth-order valence-electron chi connectivity index (χ4n) is 3.10. The monoisotopic (exact) mass is 402 g/mol. The normalized spacial score (nSPS) is 15.0. The molecule has 0 aliphatic carbocycles. The van der Waals surface area contributed by atoms with Gasteiger partial charge >= 0.3 is 0 Å². The van der Waals surface area contributed by atoms with Crippen molar-refractivity contribution in [1.82, 2.24) is 9.47 Å². The van der Waals surface area contributed by atoms with Gasteiger partial charge in [-0.15, -0.1) is 0 Å². The van der Waals surface area contributed by atoms with Crippen molar-refractivity contribution in [2.24, 2.45) is 4.99 Å². The molecule has 1 aromatic carbocycles. The van der Waals surface area contributed by atoms with Crippen LogP contribution in [0.15, 0.2) is 28.0 Å². The molecule has 0 radical (unpaired) electrons. The third kappa shape index (κ3) is 4.50. The second-order valence-corrected chi connectivity index (χ2v) is 6.62.